The number of nitrogens with zero attached hydrogens (tertiary/aromatic N) is 1. The molecule has 2 N–H and O–H groups in total. The Morgan fingerprint density at radius 1 is 1.41 bits per heavy atom. The van der Waals surface area contributed by atoms with Crippen molar-refractivity contribution in [2.24, 2.45) is 0 Å². The molecule has 2 aliphatic rings. The molecule has 1 aliphatic heterocycles. The zero-order chi connectivity index (χ0) is 15.7. The summed E-state index contributed by atoms with van der Waals surface area (Å²) >= 11 is 1.64. The molecule has 1 atom stereocenters. The van der Waals surface area contributed by atoms with Crippen molar-refractivity contribution in [2.75, 3.05) is 19.6 Å². The van der Waals surface area contributed by atoms with Crippen molar-refractivity contribution >= 4 is 23.2 Å². The highest BCUT2D eigenvalue weighted by atomic mass is 32.1. The van der Waals surface area contributed by atoms with E-state index in [0.29, 0.717) is 13.1 Å². The first-order valence-corrected chi connectivity index (χ1v) is 8.66. The molecular weight excluding hydrogens is 300 g/mol. The Bertz CT molecular complexity index is 575. The third-order valence-electron chi connectivity index (χ3n) is 4.63. The number of hydrogen-bond donors (Lipinski definition) is 2. The number of hydrogen-bond acceptors (Lipinski definition) is 4. The van der Waals surface area contributed by atoms with Crippen LogP contribution in [0.1, 0.15) is 46.3 Å². The Kier molecular flexibility index (Phi) is 4.23. The average Bonchev–Trinajstić information content (AvgIpc) is 3.09. The molecule has 0 unspecified atom stereocenters. The van der Waals surface area contributed by atoms with E-state index in [1.807, 2.05) is 11.8 Å². The number of fused-ring (bicyclic) bond motifs is 1. The summed E-state index contributed by atoms with van der Waals surface area (Å²) in [5.74, 6) is -0.766. The van der Waals surface area contributed by atoms with Crippen LogP contribution in [0.5, 0.6) is 0 Å². The minimum atomic E-state index is -0.864. The second-order valence-corrected chi connectivity index (χ2v) is 7.69. The number of thiophene rings is 1. The second-order valence-electron chi connectivity index (χ2n) is 6.55. The largest absolute Gasteiger partial charge is 0.480 e. The number of carbonyl (C=O) groups is 2. The minimum Gasteiger partial charge on any atom is -0.480 e. The molecule has 1 saturated heterocycles. The summed E-state index contributed by atoms with van der Waals surface area (Å²) in [6.45, 7) is 3.18. The van der Waals surface area contributed by atoms with Crippen LogP contribution >= 0.6 is 11.3 Å². The summed E-state index contributed by atoms with van der Waals surface area (Å²) in [6, 6.07) is 2.07. The van der Waals surface area contributed by atoms with Crippen LogP contribution in [0.25, 0.3) is 0 Å². The first kappa shape index (κ1) is 15.5. The van der Waals surface area contributed by atoms with Gasteiger partial charge >= 0.3 is 5.97 Å². The SMILES string of the molecule is C[C@@]1(NCC(=O)O)CCN(C(=O)c2cc3c(s2)CCCC3)C1. The van der Waals surface area contributed by atoms with Crippen molar-refractivity contribution in [3.8, 4) is 0 Å². The number of likely N-dealkylation sites (tertiary alicyclic amines) is 1. The van der Waals surface area contributed by atoms with E-state index in [0.717, 1.165) is 24.1 Å². The number of carboxylic acids is 1. The molecule has 1 fully saturated rings. The Labute approximate surface area is 134 Å². The highest BCUT2D eigenvalue weighted by molar-refractivity contribution is 7.14. The van der Waals surface area contributed by atoms with Crippen LogP contribution in [0, 0.1) is 0 Å². The number of nitrogens with one attached hydrogen (secondary N) is 1. The third kappa shape index (κ3) is 3.17. The maximum absolute atomic E-state index is 12.7. The quantitative estimate of drug-likeness (QED) is 0.888. The van der Waals surface area contributed by atoms with E-state index >= 15 is 0 Å². The van der Waals surface area contributed by atoms with Gasteiger partial charge in [-0.1, -0.05) is 0 Å². The Morgan fingerprint density at radius 3 is 2.91 bits per heavy atom. The number of carboxylic acid groups (broad SMARTS) is 1. The van der Waals surface area contributed by atoms with Crippen LogP contribution in [0.2, 0.25) is 0 Å². The van der Waals surface area contributed by atoms with Crippen molar-refractivity contribution in [3.63, 3.8) is 0 Å². The zero-order valence-corrected chi connectivity index (χ0v) is 13.7. The van der Waals surface area contributed by atoms with Gasteiger partial charge in [-0.2, -0.15) is 0 Å². The number of amides is 1. The van der Waals surface area contributed by atoms with Crippen LogP contribution in [0.4, 0.5) is 0 Å². The lowest BCUT2D eigenvalue weighted by atomic mass is 9.99. The van der Waals surface area contributed by atoms with Gasteiger partial charge in [-0.25, -0.2) is 0 Å². The van der Waals surface area contributed by atoms with Gasteiger partial charge in [-0.3, -0.25) is 14.9 Å². The third-order valence-corrected chi connectivity index (χ3v) is 5.86. The van der Waals surface area contributed by atoms with E-state index in [2.05, 4.69) is 11.4 Å². The molecule has 0 radical (unpaired) electrons. The molecule has 6 heteroatoms. The van der Waals surface area contributed by atoms with Gasteiger partial charge in [0.1, 0.15) is 0 Å². The lowest BCUT2D eigenvalue weighted by Gasteiger charge is -2.25. The van der Waals surface area contributed by atoms with E-state index in [-0.39, 0.29) is 18.0 Å². The maximum atomic E-state index is 12.7. The van der Waals surface area contributed by atoms with Gasteiger partial charge in [0.25, 0.3) is 5.91 Å². The van der Waals surface area contributed by atoms with Crippen LogP contribution in [-0.2, 0) is 17.6 Å². The summed E-state index contributed by atoms with van der Waals surface area (Å²) < 4.78 is 0. The molecule has 3 rings (SSSR count). The first-order chi connectivity index (χ1) is 10.5. The van der Waals surface area contributed by atoms with Gasteiger partial charge in [0.2, 0.25) is 0 Å². The van der Waals surface area contributed by atoms with Crippen molar-refractivity contribution in [2.45, 2.75) is 44.6 Å². The number of aliphatic carboxylic acids is 1. The van der Waals surface area contributed by atoms with Crippen molar-refractivity contribution in [1.29, 1.82) is 0 Å². The molecule has 22 heavy (non-hydrogen) atoms. The molecular formula is C16H22N2O3S. The lowest BCUT2D eigenvalue weighted by molar-refractivity contribution is -0.136. The topological polar surface area (TPSA) is 69.6 Å². The Morgan fingerprint density at radius 2 is 2.18 bits per heavy atom. The van der Waals surface area contributed by atoms with Crippen LogP contribution in [0.15, 0.2) is 6.07 Å². The molecule has 120 valence electrons. The maximum Gasteiger partial charge on any atom is 0.317 e. The highest BCUT2D eigenvalue weighted by Crippen LogP contribution is 2.31. The van der Waals surface area contributed by atoms with Crippen molar-refractivity contribution in [3.05, 3.63) is 21.4 Å². The van der Waals surface area contributed by atoms with Gasteiger partial charge in [0, 0.05) is 23.5 Å². The number of rotatable bonds is 4. The van der Waals surface area contributed by atoms with Gasteiger partial charge in [-0.05, 0) is 50.7 Å². The van der Waals surface area contributed by atoms with Crippen LogP contribution < -0.4 is 5.32 Å². The summed E-state index contributed by atoms with van der Waals surface area (Å²) in [7, 11) is 0. The molecule has 1 aromatic rings. The number of aryl methyl sites for hydroxylation is 2. The predicted molar refractivity (Wildman–Crippen MR) is 85.5 cm³/mol. The molecule has 0 aromatic carbocycles. The molecule has 1 aromatic heterocycles. The van der Waals surface area contributed by atoms with E-state index < -0.39 is 5.97 Å². The fourth-order valence-corrected chi connectivity index (χ4v) is 4.54. The summed E-state index contributed by atoms with van der Waals surface area (Å²) in [6.07, 6.45) is 5.43. The molecule has 1 amide bonds. The van der Waals surface area contributed by atoms with E-state index in [1.54, 1.807) is 11.3 Å². The summed E-state index contributed by atoms with van der Waals surface area (Å²) in [4.78, 5) is 27.5. The van der Waals surface area contributed by atoms with Crippen molar-refractivity contribution < 1.29 is 14.7 Å². The van der Waals surface area contributed by atoms with Crippen LogP contribution in [0.3, 0.4) is 0 Å². The summed E-state index contributed by atoms with van der Waals surface area (Å²) in [5, 5.41) is 11.8. The smallest absolute Gasteiger partial charge is 0.317 e. The fraction of sp³-hybridized carbons (Fsp3) is 0.625. The molecule has 0 bridgehead atoms. The van der Waals surface area contributed by atoms with Gasteiger partial charge in [0.05, 0.1) is 11.4 Å². The van der Waals surface area contributed by atoms with Crippen LogP contribution in [-0.4, -0.2) is 47.1 Å². The Balaban J connectivity index is 1.66. The van der Waals surface area contributed by atoms with E-state index in [4.69, 9.17) is 5.11 Å². The fourth-order valence-electron chi connectivity index (χ4n) is 3.32. The molecule has 0 spiro atoms. The van der Waals surface area contributed by atoms with E-state index in [1.165, 1.54) is 23.3 Å². The van der Waals surface area contributed by atoms with Crippen molar-refractivity contribution in [1.82, 2.24) is 10.2 Å². The zero-order valence-electron chi connectivity index (χ0n) is 12.9. The molecule has 5 nitrogen and oxygen atoms in total. The monoisotopic (exact) mass is 322 g/mol. The average molecular weight is 322 g/mol. The normalized spacial score (nSPS) is 24.3. The molecule has 0 saturated carbocycles. The second kappa shape index (κ2) is 6.01. The summed E-state index contributed by atoms with van der Waals surface area (Å²) in [5.41, 5.74) is 1.05. The highest BCUT2D eigenvalue weighted by Gasteiger charge is 2.36. The first-order valence-electron chi connectivity index (χ1n) is 7.84. The van der Waals surface area contributed by atoms with E-state index in [9.17, 15) is 9.59 Å². The molecule has 2 heterocycles. The van der Waals surface area contributed by atoms with Gasteiger partial charge in [-0.15, -0.1) is 11.3 Å². The van der Waals surface area contributed by atoms with Gasteiger partial charge in [0.15, 0.2) is 0 Å². The standard InChI is InChI=1S/C16H22N2O3S/c1-16(17-9-14(19)20)6-7-18(10-16)15(21)13-8-11-4-2-3-5-12(11)22-13/h8,17H,2-7,9-10H2,1H3,(H,19,20)/t16-/m1/s1. The molecule has 1 aliphatic carbocycles. The minimum absolute atomic E-state index is 0.0637. The predicted octanol–water partition coefficient (Wildman–Crippen LogP) is 1.91. The number of carbonyl (C=O) groups excluding carboxylic acids is 1. The lowest BCUT2D eigenvalue weighted by Crippen LogP contribution is -2.47. The van der Waals surface area contributed by atoms with Gasteiger partial charge < -0.3 is 10.0 Å². The Hall–Kier alpha value is -1.40.